The van der Waals surface area contributed by atoms with Crippen LogP contribution in [0.1, 0.15) is 79.6 Å². The van der Waals surface area contributed by atoms with Crippen LogP contribution in [-0.2, 0) is 33.4 Å². The average molecular weight is 511 g/mol. The van der Waals surface area contributed by atoms with E-state index in [4.69, 9.17) is 19.3 Å². The Morgan fingerprint density at radius 1 is 1.08 bits per heavy atom. The SMILES string of the molecule is CC(=O)OCC[C@H](CC[C@]1(C)[C@H](C)[C@H](O)C[C@@]2(C)C(COC(=O)CC(=O)O)=CCC[C@H]12)COC(C)=O. The maximum atomic E-state index is 11.9. The number of fused-ring (bicyclic) bond motifs is 1. The lowest BCUT2D eigenvalue weighted by atomic mass is 9.46. The van der Waals surface area contributed by atoms with E-state index in [0.717, 1.165) is 31.3 Å². The Labute approximate surface area is 213 Å². The summed E-state index contributed by atoms with van der Waals surface area (Å²) in [7, 11) is 0. The highest BCUT2D eigenvalue weighted by molar-refractivity contribution is 5.90. The van der Waals surface area contributed by atoms with E-state index in [-0.39, 0.29) is 54.9 Å². The van der Waals surface area contributed by atoms with Crippen LogP contribution in [0.25, 0.3) is 0 Å². The molecule has 0 bridgehead atoms. The van der Waals surface area contributed by atoms with Crippen LogP contribution in [0.2, 0.25) is 0 Å². The molecule has 204 valence electrons. The highest BCUT2D eigenvalue weighted by atomic mass is 16.5. The molecule has 0 heterocycles. The van der Waals surface area contributed by atoms with E-state index in [1.54, 1.807) is 0 Å². The maximum Gasteiger partial charge on any atom is 0.317 e. The molecule has 0 aliphatic heterocycles. The van der Waals surface area contributed by atoms with Gasteiger partial charge in [-0.1, -0.05) is 26.8 Å². The molecule has 2 aliphatic carbocycles. The third kappa shape index (κ3) is 7.54. The van der Waals surface area contributed by atoms with Crippen LogP contribution in [0.3, 0.4) is 0 Å². The van der Waals surface area contributed by atoms with Gasteiger partial charge in [0.15, 0.2) is 0 Å². The standard InChI is InChI=1S/C27H42O9/c1-17-22(30)14-27(5)21(16-36-25(33)13-24(31)32)7-6-8-23(27)26(17,4)11-9-20(15-35-19(3)29)10-12-34-18(2)28/h7,17,20,22-23,30H,6,8-16H2,1-5H3,(H,31,32)/t17-,20+,22-,23-,26-,27+/m1/s1. The molecule has 0 aromatic rings. The summed E-state index contributed by atoms with van der Waals surface area (Å²) in [4.78, 5) is 45.3. The molecule has 9 nitrogen and oxygen atoms in total. The molecule has 1 saturated carbocycles. The predicted molar refractivity (Wildman–Crippen MR) is 131 cm³/mol. The van der Waals surface area contributed by atoms with Crippen LogP contribution in [0.5, 0.6) is 0 Å². The van der Waals surface area contributed by atoms with Crippen molar-refractivity contribution in [2.24, 2.45) is 28.6 Å². The molecule has 0 radical (unpaired) electrons. The second kappa shape index (κ2) is 12.7. The van der Waals surface area contributed by atoms with Gasteiger partial charge in [0.1, 0.15) is 13.0 Å². The summed E-state index contributed by atoms with van der Waals surface area (Å²) >= 11 is 0. The fourth-order valence-corrected chi connectivity index (χ4v) is 6.29. The first kappa shape index (κ1) is 29.8. The number of aliphatic hydroxyl groups excluding tert-OH is 1. The smallest absolute Gasteiger partial charge is 0.317 e. The quantitative estimate of drug-likeness (QED) is 0.174. The van der Waals surface area contributed by atoms with Crippen molar-refractivity contribution in [3.05, 3.63) is 11.6 Å². The average Bonchev–Trinajstić information content (AvgIpc) is 2.77. The molecule has 36 heavy (non-hydrogen) atoms. The van der Waals surface area contributed by atoms with Crippen LogP contribution >= 0.6 is 0 Å². The highest BCUT2D eigenvalue weighted by Crippen LogP contribution is 2.62. The van der Waals surface area contributed by atoms with Gasteiger partial charge in [0.2, 0.25) is 0 Å². The number of rotatable bonds is 12. The van der Waals surface area contributed by atoms with Gasteiger partial charge in [-0.05, 0) is 72.7 Å². The molecule has 0 unspecified atom stereocenters. The summed E-state index contributed by atoms with van der Waals surface area (Å²) in [6.07, 6.45) is 5.21. The zero-order chi connectivity index (χ0) is 27.1. The van der Waals surface area contributed by atoms with Crippen molar-refractivity contribution in [1.82, 2.24) is 0 Å². The van der Waals surface area contributed by atoms with Crippen molar-refractivity contribution in [1.29, 1.82) is 0 Å². The Morgan fingerprint density at radius 2 is 1.75 bits per heavy atom. The second-order valence-electron chi connectivity index (χ2n) is 10.9. The van der Waals surface area contributed by atoms with Gasteiger partial charge in [0, 0.05) is 13.8 Å². The van der Waals surface area contributed by atoms with Gasteiger partial charge in [0.25, 0.3) is 0 Å². The van der Waals surface area contributed by atoms with Crippen molar-refractivity contribution >= 4 is 23.9 Å². The number of hydrogen-bond acceptors (Lipinski definition) is 8. The first-order chi connectivity index (χ1) is 16.8. The number of carbonyl (C=O) groups is 4. The molecule has 0 aromatic carbocycles. The van der Waals surface area contributed by atoms with E-state index < -0.39 is 29.9 Å². The summed E-state index contributed by atoms with van der Waals surface area (Å²) < 4.78 is 15.7. The van der Waals surface area contributed by atoms with Crippen molar-refractivity contribution in [3.63, 3.8) is 0 Å². The number of hydrogen-bond donors (Lipinski definition) is 2. The minimum absolute atomic E-state index is 0.0122. The summed E-state index contributed by atoms with van der Waals surface area (Å²) in [6.45, 7) is 9.65. The van der Waals surface area contributed by atoms with E-state index in [9.17, 15) is 24.3 Å². The Bertz CT molecular complexity index is 850. The molecular weight excluding hydrogens is 468 g/mol. The van der Waals surface area contributed by atoms with Crippen molar-refractivity contribution < 1.29 is 43.6 Å². The number of carboxylic acid groups (broad SMARTS) is 1. The van der Waals surface area contributed by atoms with Gasteiger partial charge >= 0.3 is 23.9 Å². The second-order valence-corrected chi connectivity index (χ2v) is 10.9. The lowest BCUT2D eigenvalue weighted by Crippen LogP contribution is -2.55. The minimum Gasteiger partial charge on any atom is -0.481 e. The monoisotopic (exact) mass is 510 g/mol. The number of ether oxygens (including phenoxy) is 3. The van der Waals surface area contributed by atoms with Crippen LogP contribution in [0, 0.1) is 28.6 Å². The number of carboxylic acids is 1. The van der Waals surface area contributed by atoms with E-state index in [1.807, 2.05) is 0 Å². The minimum atomic E-state index is -1.23. The number of aliphatic hydroxyl groups is 1. The van der Waals surface area contributed by atoms with Gasteiger partial charge in [-0.15, -0.1) is 0 Å². The van der Waals surface area contributed by atoms with Crippen LogP contribution < -0.4 is 0 Å². The molecule has 0 aromatic heterocycles. The first-order valence-corrected chi connectivity index (χ1v) is 12.8. The lowest BCUT2D eigenvalue weighted by Gasteiger charge is -2.60. The highest BCUT2D eigenvalue weighted by Gasteiger charge is 2.57. The maximum absolute atomic E-state index is 11.9. The number of aliphatic carboxylic acids is 1. The number of allylic oxidation sites excluding steroid dienone is 1. The van der Waals surface area contributed by atoms with Gasteiger partial charge in [-0.2, -0.15) is 0 Å². The first-order valence-electron chi connectivity index (χ1n) is 12.8. The molecule has 0 saturated heterocycles. The van der Waals surface area contributed by atoms with Gasteiger partial charge in [0.05, 0.1) is 19.3 Å². The normalized spacial score (nSPS) is 30.4. The molecule has 0 amide bonds. The Kier molecular flexibility index (Phi) is 10.5. The largest absolute Gasteiger partial charge is 0.481 e. The van der Waals surface area contributed by atoms with Gasteiger partial charge < -0.3 is 24.4 Å². The summed E-state index contributed by atoms with van der Waals surface area (Å²) in [6, 6.07) is 0. The van der Waals surface area contributed by atoms with Crippen LogP contribution in [-0.4, -0.2) is 60.0 Å². The van der Waals surface area contributed by atoms with Crippen LogP contribution in [0.15, 0.2) is 11.6 Å². The molecule has 2 rings (SSSR count). The van der Waals surface area contributed by atoms with E-state index >= 15 is 0 Å². The lowest BCUT2D eigenvalue weighted by molar-refractivity contribution is -0.152. The number of esters is 3. The molecule has 9 heteroatoms. The Balaban J connectivity index is 2.19. The summed E-state index contributed by atoms with van der Waals surface area (Å²) in [5, 5.41) is 20.0. The fourth-order valence-electron chi connectivity index (χ4n) is 6.29. The van der Waals surface area contributed by atoms with E-state index in [1.165, 1.54) is 13.8 Å². The van der Waals surface area contributed by atoms with Crippen LogP contribution in [0.4, 0.5) is 0 Å². The zero-order valence-electron chi connectivity index (χ0n) is 22.2. The van der Waals surface area contributed by atoms with Crippen molar-refractivity contribution in [2.45, 2.75) is 85.7 Å². The Hall–Kier alpha value is -2.42. The molecule has 0 spiro atoms. The van der Waals surface area contributed by atoms with E-state index in [2.05, 4.69) is 26.8 Å². The zero-order valence-corrected chi connectivity index (χ0v) is 22.2. The van der Waals surface area contributed by atoms with Gasteiger partial charge in [-0.3, -0.25) is 19.2 Å². The fraction of sp³-hybridized carbons (Fsp3) is 0.778. The predicted octanol–water partition coefficient (Wildman–Crippen LogP) is 3.67. The van der Waals surface area contributed by atoms with Gasteiger partial charge in [-0.25, -0.2) is 0 Å². The van der Waals surface area contributed by atoms with Crippen molar-refractivity contribution in [2.75, 3.05) is 19.8 Å². The molecule has 6 atom stereocenters. The third-order valence-corrected chi connectivity index (χ3v) is 8.52. The van der Waals surface area contributed by atoms with Crippen molar-refractivity contribution in [3.8, 4) is 0 Å². The Morgan fingerprint density at radius 3 is 2.36 bits per heavy atom. The third-order valence-electron chi connectivity index (χ3n) is 8.52. The molecule has 1 fully saturated rings. The topological polar surface area (TPSA) is 136 Å². The molecule has 2 aliphatic rings. The van der Waals surface area contributed by atoms with E-state index in [0.29, 0.717) is 12.8 Å². The molecular formula is C27H42O9. The summed E-state index contributed by atoms with van der Waals surface area (Å²) in [5.41, 5.74) is 0.291. The number of carbonyl (C=O) groups excluding carboxylic acids is 3. The summed E-state index contributed by atoms with van der Waals surface area (Å²) in [5.74, 6) is -2.46. The molecule has 2 N–H and O–H groups in total.